The van der Waals surface area contributed by atoms with Crippen molar-refractivity contribution < 1.29 is 0 Å². The topological polar surface area (TPSA) is 16.1 Å². The van der Waals surface area contributed by atoms with Crippen LogP contribution in [-0.2, 0) is 0 Å². The summed E-state index contributed by atoms with van der Waals surface area (Å²) in [6.45, 7) is 2.19. The van der Waals surface area contributed by atoms with Gasteiger partial charge in [-0.05, 0) is 79.3 Å². The van der Waals surface area contributed by atoms with E-state index in [-0.39, 0.29) is 0 Å². The molecule has 2 heterocycles. The van der Waals surface area contributed by atoms with Crippen LogP contribution in [0.1, 0.15) is 55.6 Å². The Morgan fingerprint density at radius 1 is 1.08 bits per heavy atom. The molecule has 24 heavy (non-hydrogen) atoms. The normalized spacial score (nSPS) is 19.2. The molecule has 0 saturated carbocycles. The maximum absolute atomic E-state index is 4.49. The van der Waals surface area contributed by atoms with Crippen molar-refractivity contribution in [2.75, 3.05) is 18.0 Å². The maximum atomic E-state index is 4.49. The Labute approximate surface area is 145 Å². The van der Waals surface area contributed by atoms with Crippen LogP contribution in [-0.4, -0.2) is 18.1 Å². The van der Waals surface area contributed by atoms with Gasteiger partial charge in [-0.15, -0.1) is 0 Å². The van der Waals surface area contributed by atoms with Crippen molar-refractivity contribution in [2.24, 2.45) is 0 Å². The van der Waals surface area contributed by atoms with Crippen LogP contribution in [0.15, 0.2) is 48.7 Å². The van der Waals surface area contributed by atoms with Crippen LogP contribution < -0.4 is 4.90 Å². The van der Waals surface area contributed by atoms with Gasteiger partial charge in [0.25, 0.3) is 0 Å². The lowest BCUT2D eigenvalue weighted by Crippen LogP contribution is -2.33. The summed E-state index contributed by atoms with van der Waals surface area (Å²) in [5, 5.41) is 0. The predicted octanol–water partition coefficient (Wildman–Crippen LogP) is 5.22. The van der Waals surface area contributed by atoms with E-state index in [1.54, 1.807) is 0 Å². The molecule has 0 N–H and O–H groups in total. The second kappa shape index (κ2) is 7.21. The summed E-state index contributed by atoms with van der Waals surface area (Å²) in [4.78, 5) is 6.90. The molecule has 0 unspecified atom stereocenters. The van der Waals surface area contributed by atoms with Crippen molar-refractivity contribution in [3.05, 3.63) is 65.9 Å². The SMILES string of the molecule is [c]1ccc(C2CCN(c3ccccn3)CC2)cc1C1=CCCCC1. The number of anilines is 1. The largest absolute Gasteiger partial charge is 0.357 e. The second-order valence-corrected chi connectivity index (χ2v) is 6.96. The summed E-state index contributed by atoms with van der Waals surface area (Å²) >= 11 is 0. The Bertz CT molecular complexity index is 697. The molecule has 0 bridgehead atoms. The Morgan fingerprint density at radius 2 is 2.00 bits per heavy atom. The van der Waals surface area contributed by atoms with Crippen LogP contribution in [0.5, 0.6) is 0 Å². The zero-order chi connectivity index (χ0) is 16.2. The van der Waals surface area contributed by atoms with E-state index in [9.17, 15) is 0 Å². The number of hydrogen-bond donors (Lipinski definition) is 0. The average Bonchev–Trinajstić information content (AvgIpc) is 2.70. The Kier molecular flexibility index (Phi) is 4.64. The number of piperidine rings is 1. The third kappa shape index (κ3) is 3.38. The van der Waals surface area contributed by atoms with Crippen molar-refractivity contribution in [1.82, 2.24) is 4.98 Å². The number of nitrogens with zero attached hydrogens (tertiary/aromatic N) is 2. The van der Waals surface area contributed by atoms with Gasteiger partial charge < -0.3 is 4.90 Å². The molecule has 2 nitrogen and oxygen atoms in total. The van der Waals surface area contributed by atoms with Crippen LogP contribution in [0.25, 0.3) is 5.57 Å². The fraction of sp³-hybridized carbons (Fsp3) is 0.409. The molecule has 1 aliphatic heterocycles. The molecule has 4 rings (SSSR count). The van der Waals surface area contributed by atoms with Gasteiger partial charge in [0.05, 0.1) is 0 Å². The number of pyridine rings is 1. The number of rotatable bonds is 3. The lowest BCUT2D eigenvalue weighted by Gasteiger charge is -2.33. The van der Waals surface area contributed by atoms with Gasteiger partial charge in [0, 0.05) is 19.3 Å². The molecule has 2 heteroatoms. The van der Waals surface area contributed by atoms with Gasteiger partial charge in [-0.25, -0.2) is 4.98 Å². The maximum Gasteiger partial charge on any atom is 0.128 e. The smallest absolute Gasteiger partial charge is 0.128 e. The third-order valence-corrected chi connectivity index (χ3v) is 5.40. The summed E-state index contributed by atoms with van der Waals surface area (Å²) in [6.07, 6.45) is 11.8. The molecule has 1 saturated heterocycles. The van der Waals surface area contributed by atoms with E-state index in [1.807, 2.05) is 12.3 Å². The van der Waals surface area contributed by atoms with Crippen molar-refractivity contribution in [2.45, 2.75) is 44.4 Å². The zero-order valence-electron chi connectivity index (χ0n) is 14.2. The summed E-state index contributed by atoms with van der Waals surface area (Å²) in [7, 11) is 0. The van der Waals surface area contributed by atoms with E-state index < -0.39 is 0 Å². The molecular formula is C22H25N2. The Morgan fingerprint density at radius 3 is 2.75 bits per heavy atom. The monoisotopic (exact) mass is 317 g/mol. The lowest BCUT2D eigenvalue weighted by molar-refractivity contribution is 0.502. The third-order valence-electron chi connectivity index (χ3n) is 5.40. The Balaban J connectivity index is 1.45. The minimum Gasteiger partial charge on any atom is -0.357 e. The molecule has 1 aromatic heterocycles. The zero-order valence-corrected chi connectivity index (χ0v) is 14.2. The van der Waals surface area contributed by atoms with Gasteiger partial charge in [0.1, 0.15) is 5.82 Å². The van der Waals surface area contributed by atoms with Crippen molar-refractivity contribution in [3.63, 3.8) is 0 Å². The number of allylic oxidation sites excluding steroid dienone is 2. The highest BCUT2D eigenvalue weighted by Gasteiger charge is 2.21. The first-order valence-corrected chi connectivity index (χ1v) is 9.27. The lowest BCUT2D eigenvalue weighted by atomic mass is 9.86. The van der Waals surface area contributed by atoms with Crippen LogP contribution >= 0.6 is 0 Å². The van der Waals surface area contributed by atoms with E-state index in [1.165, 1.54) is 55.2 Å². The van der Waals surface area contributed by atoms with E-state index in [0.29, 0.717) is 5.92 Å². The van der Waals surface area contributed by atoms with Crippen LogP contribution in [0.3, 0.4) is 0 Å². The molecule has 123 valence electrons. The highest BCUT2D eigenvalue weighted by molar-refractivity contribution is 5.66. The van der Waals surface area contributed by atoms with Crippen LogP contribution in [0.4, 0.5) is 5.82 Å². The summed E-state index contributed by atoms with van der Waals surface area (Å²) < 4.78 is 0. The van der Waals surface area contributed by atoms with Gasteiger partial charge in [0.15, 0.2) is 0 Å². The average molecular weight is 317 g/mol. The van der Waals surface area contributed by atoms with E-state index >= 15 is 0 Å². The standard InChI is InChI=1S/C22H25N2/c1-2-7-18(8-3-1)20-9-6-10-21(17-20)19-12-15-24(16-13-19)22-11-4-5-14-23-22/h4-7,10-11,14,17,19H,1-3,8,12-13,15-16H2. The van der Waals surface area contributed by atoms with Gasteiger partial charge in [0.2, 0.25) is 0 Å². The molecule has 0 amide bonds. The van der Waals surface area contributed by atoms with E-state index in [4.69, 9.17) is 0 Å². The van der Waals surface area contributed by atoms with Crippen molar-refractivity contribution in [3.8, 4) is 0 Å². The molecule has 1 fully saturated rings. The molecule has 0 spiro atoms. The molecule has 2 aliphatic rings. The quantitative estimate of drug-likeness (QED) is 0.771. The van der Waals surface area contributed by atoms with Gasteiger partial charge in [-0.1, -0.05) is 30.3 Å². The summed E-state index contributed by atoms with van der Waals surface area (Å²) in [6, 6.07) is 16.4. The van der Waals surface area contributed by atoms with Gasteiger partial charge in [-0.2, -0.15) is 0 Å². The molecule has 1 aromatic carbocycles. The van der Waals surface area contributed by atoms with Crippen molar-refractivity contribution in [1.29, 1.82) is 0 Å². The minimum atomic E-state index is 0.669. The fourth-order valence-corrected chi connectivity index (χ4v) is 3.99. The minimum absolute atomic E-state index is 0.669. The fourth-order valence-electron chi connectivity index (χ4n) is 3.99. The first kappa shape index (κ1) is 15.4. The Hall–Kier alpha value is -2.09. The molecule has 1 radical (unpaired) electrons. The number of aromatic nitrogens is 1. The highest BCUT2D eigenvalue weighted by Crippen LogP contribution is 2.33. The molecule has 2 aromatic rings. The van der Waals surface area contributed by atoms with Crippen LogP contribution in [0.2, 0.25) is 0 Å². The molecule has 0 atom stereocenters. The molecular weight excluding hydrogens is 292 g/mol. The van der Waals surface area contributed by atoms with Crippen LogP contribution in [0, 0.1) is 6.07 Å². The molecule has 1 aliphatic carbocycles. The van der Waals surface area contributed by atoms with E-state index in [0.717, 1.165) is 18.9 Å². The number of hydrogen-bond acceptors (Lipinski definition) is 2. The highest BCUT2D eigenvalue weighted by atomic mass is 15.2. The van der Waals surface area contributed by atoms with Gasteiger partial charge >= 0.3 is 0 Å². The predicted molar refractivity (Wildman–Crippen MR) is 100 cm³/mol. The number of benzene rings is 1. The van der Waals surface area contributed by atoms with E-state index in [2.05, 4.69) is 52.4 Å². The summed E-state index contributed by atoms with van der Waals surface area (Å²) in [5.41, 5.74) is 4.34. The first-order valence-electron chi connectivity index (χ1n) is 9.27. The first-order chi connectivity index (χ1) is 11.9. The van der Waals surface area contributed by atoms with Crippen molar-refractivity contribution >= 4 is 11.4 Å². The summed E-state index contributed by atoms with van der Waals surface area (Å²) in [5.74, 6) is 1.79. The van der Waals surface area contributed by atoms with Gasteiger partial charge in [-0.3, -0.25) is 0 Å². The second-order valence-electron chi connectivity index (χ2n) is 6.96.